The first-order valence-electron chi connectivity index (χ1n) is 13.4. The Balaban J connectivity index is 1.13. The molecule has 0 fully saturated rings. The molecule has 0 aromatic heterocycles. The molecule has 0 radical (unpaired) electrons. The van der Waals surface area contributed by atoms with Gasteiger partial charge in [-0.05, 0) is 90.9 Å². The van der Waals surface area contributed by atoms with Gasteiger partial charge in [-0.25, -0.2) is 0 Å². The number of rotatable bonds is 2. The summed E-state index contributed by atoms with van der Waals surface area (Å²) in [5.41, 5.74) is 7.65. The molecule has 8 rings (SSSR count). The lowest BCUT2D eigenvalue weighted by atomic mass is 9.96. The minimum absolute atomic E-state index is 0.742. The molecule has 0 aliphatic carbocycles. The highest BCUT2D eigenvalue weighted by molar-refractivity contribution is 7.03. The fourth-order valence-electron chi connectivity index (χ4n) is 6.20. The number of benzene rings is 6. The third-order valence-corrected chi connectivity index (χ3v) is 11.9. The van der Waals surface area contributed by atoms with Crippen LogP contribution in [0.5, 0.6) is 23.0 Å². The van der Waals surface area contributed by atoms with Crippen LogP contribution in [0, 0.1) is 0 Å². The molecular weight excluding hydrogens is 492 g/mol. The summed E-state index contributed by atoms with van der Waals surface area (Å²) in [5, 5.41) is 5.55. The van der Waals surface area contributed by atoms with E-state index < -0.39 is 8.07 Å². The third-order valence-electron chi connectivity index (χ3n) is 8.32. The quantitative estimate of drug-likeness (QED) is 0.213. The lowest BCUT2D eigenvalue weighted by molar-refractivity contribution is 0.360. The smallest absolute Gasteiger partial charge is 0.170 e. The maximum atomic E-state index is 6.14. The Morgan fingerprint density at radius 2 is 0.923 bits per heavy atom. The Morgan fingerprint density at radius 1 is 0.410 bits per heavy atom. The van der Waals surface area contributed by atoms with Gasteiger partial charge in [0.05, 0.1) is 0 Å². The second-order valence-electron chi connectivity index (χ2n) is 11.0. The van der Waals surface area contributed by atoms with Crippen LogP contribution >= 0.6 is 0 Å². The summed E-state index contributed by atoms with van der Waals surface area (Å²) in [7, 11) is -1.69. The summed E-state index contributed by atoms with van der Waals surface area (Å²) in [4.78, 5) is 0. The fourth-order valence-corrected chi connectivity index (χ4v) is 9.30. The molecule has 0 atom stereocenters. The van der Waals surface area contributed by atoms with E-state index in [9.17, 15) is 0 Å². The maximum Gasteiger partial charge on any atom is 0.170 e. The molecule has 3 heteroatoms. The van der Waals surface area contributed by atoms with Crippen LogP contribution in [0.15, 0.2) is 121 Å². The van der Waals surface area contributed by atoms with Crippen LogP contribution in [0.3, 0.4) is 0 Å². The van der Waals surface area contributed by atoms with Crippen molar-refractivity contribution in [1.82, 2.24) is 0 Å². The summed E-state index contributed by atoms with van der Waals surface area (Å²) < 4.78 is 12.2. The van der Waals surface area contributed by atoms with Crippen molar-refractivity contribution in [3.8, 4) is 56.4 Å². The largest absolute Gasteiger partial charge is 0.450 e. The van der Waals surface area contributed by atoms with Crippen LogP contribution in [0.25, 0.3) is 44.2 Å². The topological polar surface area (TPSA) is 18.5 Å². The zero-order valence-electron chi connectivity index (χ0n) is 21.9. The zero-order chi connectivity index (χ0) is 26.1. The molecule has 0 amide bonds. The van der Waals surface area contributed by atoms with Crippen molar-refractivity contribution in [3.63, 3.8) is 0 Å². The van der Waals surface area contributed by atoms with Gasteiger partial charge in [0.2, 0.25) is 0 Å². The maximum absolute atomic E-state index is 6.14. The van der Waals surface area contributed by atoms with Crippen LogP contribution in [-0.4, -0.2) is 8.07 Å². The number of hydrogen-bond acceptors (Lipinski definition) is 2. The standard InChI is InChI=1S/C36H26O2Si/c1-39(2)35-10-6-3-7-29(35)30-17-15-28(22-36(30)39)26-14-12-23-19-25(13-11-24(23)20-26)27-16-18-33-34(21-27)38-32-9-5-4-8-31(32)37-33/h3-22H,1-2H3. The van der Waals surface area contributed by atoms with Gasteiger partial charge in [-0.2, -0.15) is 0 Å². The van der Waals surface area contributed by atoms with Crippen LogP contribution in [-0.2, 0) is 0 Å². The second-order valence-corrected chi connectivity index (χ2v) is 15.3. The van der Waals surface area contributed by atoms with Crippen LogP contribution in [0.4, 0.5) is 0 Å². The predicted molar refractivity (Wildman–Crippen MR) is 164 cm³/mol. The molecule has 186 valence electrons. The van der Waals surface area contributed by atoms with Crippen molar-refractivity contribution in [1.29, 1.82) is 0 Å². The van der Waals surface area contributed by atoms with Crippen molar-refractivity contribution in [3.05, 3.63) is 121 Å². The molecule has 0 spiro atoms. The minimum Gasteiger partial charge on any atom is -0.450 e. The highest BCUT2D eigenvalue weighted by atomic mass is 28.3. The third kappa shape index (κ3) is 3.47. The Kier molecular flexibility index (Phi) is 4.70. The lowest BCUT2D eigenvalue weighted by Gasteiger charge is -2.21. The molecule has 0 saturated heterocycles. The second kappa shape index (κ2) is 8.20. The van der Waals surface area contributed by atoms with Crippen molar-refractivity contribution in [2.75, 3.05) is 0 Å². The van der Waals surface area contributed by atoms with Crippen molar-refractivity contribution >= 4 is 29.2 Å². The van der Waals surface area contributed by atoms with E-state index in [1.807, 2.05) is 30.3 Å². The highest BCUT2D eigenvalue weighted by Crippen LogP contribution is 2.46. The van der Waals surface area contributed by atoms with Gasteiger partial charge in [-0.1, -0.05) is 98.0 Å². The van der Waals surface area contributed by atoms with E-state index in [2.05, 4.69) is 104 Å². The van der Waals surface area contributed by atoms with Gasteiger partial charge >= 0.3 is 0 Å². The lowest BCUT2D eigenvalue weighted by Crippen LogP contribution is -2.49. The summed E-state index contributed by atoms with van der Waals surface area (Å²) in [6, 6.07) is 43.4. The SMILES string of the molecule is C[Si]1(C)c2ccccc2-c2ccc(-c3ccc4cc(-c5ccc6c(c5)Oc5ccccc5O6)ccc4c3)cc21. The molecule has 0 unspecified atom stereocenters. The van der Waals surface area contributed by atoms with E-state index in [-0.39, 0.29) is 0 Å². The van der Waals surface area contributed by atoms with Gasteiger partial charge < -0.3 is 9.47 Å². The first-order chi connectivity index (χ1) is 19.0. The molecule has 6 aromatic rings. The van der Waals surface area contributed by atoms with Crippen LogP contribution < -0.4 is 19.8 Å². The Hall–Kier alpha value is -4.60. The van der Waals surface area contributed by atoms with E-state index >= 15 is 0 Å². The number of para-hydroxylation sites is 2. The van der Waals surface area contributed by atoms with Crippen molar-refractivity contribution < 1.29 is 9.47 Å². The summed E-state index contributed by atoms with van der Waals surface area (Å²) >= 11 is 0. The van der Waals surface area contributed by atoms with Crippen molar-refractivity contribution in [2.45, 2.75) is 13.1 Å². The van der Waals surface area contributed by atoms with E-state index in [4.69, 9.17) is 9.47 Å². The molecule has 2 aliphatic heterocycles. The Labute approximate surface area is 229 Å². The monoisotopic (exact) mass is 518 g/mol. The first-order valence-corrected chi connectivity index (χ1v) is 16.4. The first kappa shape index (κ1) is 22.4. The van der Waals surface area contributed by atoms with Gasteiger partial charge in [-0.15, -0.1) is 0 Å². The average molecular weight is 519 g/mol. The zero-order valence-corrected chi connectivity index (χ0v) is 22.9. The van der Waals surface area contributed by atoms with Crippen LogP contribution in [0.1, 0.15) is 0 Å². The number of hydrogen-bond donors (Lipinski definition) is 0. The molecule has 0 N–H and O–H groups in total. The van der Waals surface area contributed by atoms with Gasteiger partial charge in [0, 0.05) is 0 Å². The van der Waals surface area contributed by atoms with E-state index in [1.165, 1.54) is 38.2 Å². The van der Waals surface area contributed by atoms with Gasteiger partial charge in [0.15, 0.2) is 23.0 Å². The minimum atomic E-state index is -1.69. The van der Waals surface area contributed by atoms with Crippen molar-refractivity contribution in [2.24, 2.45) is 0 Å². The average Bonchev–Trinajstić information content (AvgIpc) is 3.21. The summed E-state index contributed by atoms with van der Waals surface area (Å²) in [6.45, 7) is 4.94. The summed E-state index contributed by atoms with van der Waals surface area (Å²) in [5.74, 6) is 2.98. The molecule has 2 nitrogen and oxygen atoms in total. The molecule has 2 heterocycles. The van der Waals surface area contributed by atoms with Gasteiger partial charge in [0.1, 0.15) is 8.07 Å². The van der Waals surface area contributed by atoms with E-state index in [1.54, 1.807) is 5.19 Å². The normalized spacial score (nSPS) is 14.0. The molecule has 2 aliphatic rings. The van der Waals surface area contributed by atoms with Gasteiger partial charge in [0.25, 0.3) is 0 Å². The predicted octanol–water partition coefficient (Wildman–Crippen LogP) is 8.87. The van der Waals surface area contributed by atoms with E-state index in [0.717, 1.165) is 34.1 Å². The fraction of sp³-hybridized carbons (Fsp3) is 0.0556. The molecular formula is C36H26O2Si. The molecule has 0 saturated carbocycles. The Bertz CT molecular complexity index is 1950. The number of fused-ring (bicyclic) bond motifs is 6. The van der Waals surface area contributed by atoms with Crippen LogP contribution in [0.2, 0.25) is 13.1 Å². The molecule has 6 aromatic carbocycles. The summed E-state index contributed by atoms with van der Waals surface area (Å²) in [6.07, 6.45) is 0. The Morgan fingerprint density at radius 3 is 1.67 bits per heavy atom. The molecule has 39 heavy (non-hydrogen) atoms. The van der Waals surface area contributed by atoms with E-state index in [0.29, 0.717) is 0 Å². The number of ether oxygens (including phenoxy) is 2. The molecule has 0 bridgehead atoms. The van der Waals surface area contributed by atoms with Gasteiger partial charge in [-0.3, -0.25) is 0 Å². The highest BCUT2D eigenvalue weighted by Gasteiger charge is 2.37.